The number of rotatable bonds is 7. The van der Waals surface area contributed by atoms with Gasteiger partial charge in [0.15, 0.2) is 23.4 Å². The molecular formula is C27H37NO9. The summed E-state index contributed by atoms with van der Waals surface area (Å²) >= 11 is 0. The van der Waals surface area contributed by atoms with Crippen LogP contribution in [-0.4, -0.2) is 52.6 Å². The van der Waals surface area contributed by atoms with E-state index in [-0.39, 0.29) is 48.0 Å². The van der Waals surface area contributed by atoms with E-state index >= 15 is 0 Å². The first-order chi connectivity index (χ1) is 17.6. The molecule has 1 aromatic rings. The normalized spacial score (nSPS) is 38.4. The second-order valence-electron chi connectivity index (χ2n) is 11.2. The molecule has 3 N–H and O–H groups in total. The van der Waals surface area contributed by atoms with Gasteiger partial charge in [-0.05, 0) is 62.1 Å². The predicted octanol–water partition coefficient (Wildman–Crippen LogP) is 3.29. The van der Waals surface area contributed by atoms with Crippen molar-refractivity contribution in [2.45, 2.75) is 89.7 Å². The van der Waals surface area contributed by atoms with E-state index in [4.69, 9.17) is 24.0 Å². The molecule has 6 rings (SSSR count). The molecule has 5 fully saturated rings. The summed E-state index contributed by atoms with van der Waals surface area (Å²) < 4.78 is 18.3. The second kappa shape index (κ2) is 10.1. The van der Waals surface area contributed by atoms with Gasteiger partial charge in [0.05, 0.1) is 6.42 Å². The Kier molecular flexibility index (Phi) is 7.12. The summed E-state index contributed by atoms with van der Waals surface area (Å²) in [5.74, 6) is -1.47. The van der Waals surface area contributed by atoms with Gasteiger partial charge in [0, 0.05) is 31.2 Å². The summed E-state index contributed by atoms with van der Waals surface area (Å²) in [5.41, 5.74) is 0.0534. The molecule has 8 atom stereocenters. The molecule has 5 aliphatic rings. The van der Waals surface area contributed by atoms with Crippen LogP contribution in [0.25, 0.3) is 0 Å². The summed E-state index contributed by atoms with van der Waals surface area (Å²) in [5, 5.41) is 21.7. The third-order valence-corrected chi connectivity index (χ3v) is 8.68. The van der Waals surface area contributed by atoms with Crippen molar-refractivity contribution in [3.63, 3.8) is 0 Å². The second-order valence-corrected chi connectivity index (χ2v) is 11.2. The third-order valence-electron chi connectivity index (χ3n) is 8.68. The van der Waals surface area contributed by atoms with Crippen LogP contribution < -0.4 is 5.32 Å². The molecule has 1 aliphatic carbocycles. The van der Waals surface area contributed by atoms with Gasteiger partial charge in [0.2, 0.25) is 18.0 Å². The van der Waals surface area contributed by atoms with Gasteiger partial charge in [0.25, 0.3) is 0 Å². The van der Waals surface area contributed by atoms with Crippen molar-refractivity contribution in [3.8, 4) is 11.5 Å². The van der Waals surface area contributed by atoms with Gasteiger partial charge in [-0.25, -0.2) is 9.78 Å². The highest BCUT2D eigenvalue weighted by molar-refractivity contribution is 5.81. The number of fused-ring (bicyclic) bond motifs is 2. The van der Waals surface area contributed by atoms with E-state index in [0.717, 1.165) is 24.8 Å². The van der Waals surface area contributed by atoms with Crippen LogP contribution in [0.5, 0.6) is 11.5 Å². The molecule has 37 heavy (non-hydrogen) atoms. The first-order valence-electron chi connectivity index (χ1n) is 13.3. The minimum Gasteiger partial charge on any atom is -0.504 e. The van der Waals surface area contributed by atoms with Gasteiger partial charge >= 0.3 is 5.97 Å². The number of aromatic hydroxyl groups is 2. The number of phenolic OH excluding ortho intramolecular Hbond substituents is 2. The minimum atomic E-state index is -0.899. The van der Waals surface area contributed by atoms with E-state index in [1.165, 1.54) is 12.1 Å². The van der Waals surface area contributed by atoms with Gasteiger partial charge in [-0.1, -0.05) is 19.9 Å². The Morgan fingerprint density at radius 2 is 1.89 bits per heavy atom. The number of ether oxygens (including phenoxy) is 3. The van der Waals surface area contributed by atoms with E-state index < -0.39 is 29.9 Å². The van der Waals surface area contributed by atoms with Crippen LogP contribution in [-0.2, 0) is 40.0 Å². The quantitative estimate of drug-likeness (QED) is 0.282. The SMILES string of the molecule is C[C@H]1[C@H](OC(=O)CCC(=O)NCCc2ccc(O)c(O)c2)O[C@@H]2O[C@]3(C)CC[C@@H]4[C@H](C)CC[C@@H]1[C@@]24OO3. The predicted molar refractivity (Wildman–Crippen MR) is 129 cm³/mol. The van der Waals surface area contributed by atoms with Crippen molar-refractivity contribution in [2.24, 2.45) is 23.7 Å². The average molecular weight is 520 g/mol. The molecule has 10 nitrogen and oxygen atoms in total. The van der Waals surface area contributed by atoms with Gasteiger partial charge < -0.3 is 29.7 Å². The lowest BCUT2D eigenvalue weighted by atomic mass is 9.58. The molecular weight excluding hydrogens is 482 g/mol. The molecule has 1 aromatic carbocycles. The molecule has 0 unspecified atom stereocenters. The first kappa shape index (κ1) is 26.2. The van der Waals surface area contributed by atoms with Gasteiger partial charge in [-0.15, -0.1) is 0 Å². The van der Waals surface area contributed by atoms with Crippen LogP contribution in [0.1, 0.15) is 64.9 Å². The zero-order valence-electron chi connectivity index (χ0n) is 21.6. The van der Waals surface area contributed by atoms with E-state index in [2.05, 4.69) is 12.2 Å². The Balaban J connectivity index is 1.14. The van der Waals surface area contributed by atoms with E-state index in [0.29, 0.717) is 25.3 Å². The molecule has 2 bridgehead atoms. The Morgan fingerprint density at radius 1 is 1.08 bits per heavy atom. The number of carbonyl (C=O) groups excluding carboxylic acids is 2. The molecule has 0 radical (unpaired) electrons. The zero-order chi connectivity index (χ0) is 26.4. The summed E-state index contributed by atoms with van der Waals surface area (Å²) in [6.07, 6.45) is 2.50. The van der Waals surface area contributed by atoms with Gasteiger partial charge in [-0.2, -0.15) is 0 Å². The monoisotopic (exact) mass is 519 g/mol. The largest absolute Gasteiger partial charge is 0.504 e. The molecule has 4 heterocycles. The smallest absolute Gasteiger partial charge is 0.308 e. The van der Waals surface area contributed by atoms with Crippen LogP contribution in [0.2, 0.25) is 0 Å². The Hall–Kier alpha value is -2.40. The molecule has 4 saturated heterocycles. The number of phenols is 2. The molecule has 1 saturated carbocycles. The molecule has 1 spiro atoms. The minimum absolute atomic E-state index is 0.0112. The maximum absolute atomic E-state index is 12.7. The van der Waals surface area contributed by atoms with Crippen LogP contribution in [0.15, 0.2) is 18.2 Å². The standard InChI is InChI=1S/C27H37NO9/c1-15-4-6-19-16(2)24(34-25-27(19)18(15)10-12-26(3,35-25)36-37-27)33-23(32)9-8-22(31)28-13-11-17-5-7-20(29)21(30)14-17/h5,7,14-16,18-19,24-25,29-30H,4,6,8-13H2,1-3H3,(H,28,31)/t15-,16-,18-,19+,24-,25-,26+,27-/m1/s1. The van der Waals surface area contributed by atoms with Crippen molar-refractivity contribution < 1.29 is 43.8 Å². The highest BCUT2D eigenvalue weighted by Crippen LogP contribution is 2.60. The average Bonchev–Trinajstić information content (AvgIpc) is 3.09. The maximum atomic E-state index is 12.7. The fourth-order valence-corrected chi connectivity index (χ4v) is 6.57. The summed E-state index contributed by atoms with van der Waals surface area (Å²) in [4.78, 5) is 36.8. The Labute approximate surface area is 216 Å². The summed E-state index contributed by atoms with van der Waals surface area (Å²) in [6.45, 7) is 6.44. The first-order valence-corrected chi connectivity index (χ1v) is 13.3. The van der Waals surface area contributed by atoms with Crippen LogP contribution in [0.4, 0.5) is 0 Å². The number of carbonyl (C=O) groups is 2. The topological polar surface area (TPSA) is 133 Å². The van der Waals surface area contributed by atoms with Crippen LogP contribution >= 0.6 is 0 Å². The molecule has 204 valence electrons. The lowest BCUT2D eigenvalue weighted by Gasteiger charge is -2.59. The molecule has 1 amide bonds. The highest BCUT2D eigenvalue weighted by atomic mass is 17.3. The van der Waals surface area contributed by atoms with Crippen molar-refractivity contribution >= 4 is 11.9 Å². The number of benzene rings is 1. The lowest BCUT2D eigenvalue weighted by Crippen LogP contribution is -2.70. The highest BCUT2D eigenvalue weighted by Gasteiger charge is 2.69. The Bertz CT molecular complexity index is 1030. The number of hydrogen-bond donors (Lipinski definition) is 3. The lowest BCUT2D eigenvalue weighted by molar-refractivity contribution is -0.576. The van der Waals surface area contributed by atoms with E-state index in [1.807, 2.05) is 13.8 Å². The van der Waals surface area contributed by atoms with E-state index in [9.17, 15) is 19.8 Å². The van der Waals surface area contributed by atoms with Crippen LogP contribution in [0.3, 0.4) is 0 Å². The Morgan fingerprint density at radius 3 is 2.68 bits per heavy atom. The van der Waals surface area contributed by atoms with Gasteiger partial charge in [0.1, 0.15) is 0 Å². The van der Waals surface area contributed by atoms with Crippen molar-refractivity contribution in [1.82, 2.24) is 5.32 Å². The number of amides is 1. The molecule has 0 aromatic heterocycles. The molecule has 10 heteroatoms. The van der Waals surface area contributed by atoms with Crippen molar-refractivity contribution in [2.75, 3.05) is 6.54 Å². The fraction of sp³-hybridized carbons (Fsp3) is 0.704. The summed E-state index contributed by atoms with van der Waals surface area (Å²) in [7, 11) is 0. The van der Waals surface area contributed by atoms with Gasteiger partial charge in [-0.3, -0.25) is 9.59 Å². The zero-order valence-corrected chi connectivity index (χ0v) is 21.6. The fourth-order valence-electron chi connectivity index (χ4n) is 6.57. The third kappa shape index (κ3) is 4.92. The van der Waals surface area contributed by atoms with Crippen LogP contribution in [0, 0.1) is 23.7 Å². The maximum Gasteiger partial charge on any atom is 0.308 e. The summed E-state index contributed by atoms with van der Waals surface area (Å²) in [6, 6.07) is 4.52. The number of nitrogens with one attached hydrogen (secondary N) is 1. The van der Waals surface area contributed by atoms with Crippen molar-refractivity contribution in [3.05, 3.63) is 23.8 Å². The number of esters is 1. The number of hydrogen-bond acceptors (Lipinski definition) is 9. The molecule has 4 aliphatic heterocycles. The van der Waals surface area contributed by atoms with E-state index in [1.54, 1.807) is 6.07 Å². The van der Waals surface area contributed by atoms with Crippen molar-refractivity contribution in [1.29, 1.82) is 0 Å².